The average molecular weight is 284 g/mol. The number of carboxylic acid groups (broad SMARTS) is 1. The summed E-state index contributed by atoms with van der Waals surface area (Å²) in [6.07, 6.45) is 1.83. The SMILES string of the molecule is CN(C)CC1CC(O)CN1C(=O)C1CCC(C(=O)O)C1. The van der Waals surface area contributed by atoms with E-state index < -0.39 is 12.1 Å². The number of amides is 1. The fourth-order valence-electron chi connectivity index (χ4n) is 3.42. The molecule has 1 heterocycles. The van der Waals surface area contributed by atoms with Crippen LogP contribution in [0.5, 0.6) is 0 Å². The van der Waals surface area contributed by atoms with E-state index in [1.807, 2.05) is 19.0 Å². The Morgan fingerprint density at radius 2 is 1.85 bits per heavy atom. The summed E-state index contributed by atoms with van der Waals surface area (Å²) in [5, 5.41) is 18.8. The molecule has 0 radical (unpaired) electrons. The normalized spacial score (nSPS) is 33.9. The Bertz CT molecular complexity index is 385. The number of likely N-dealkylation sites (tertiary alicyclic amines) is 1. The maximum atomic E-state index is 12.6. The fourth-order valence-corrected chi connectivity index (χ4v) is 3.42. The third kappa shape index (κ3) is 3.30. The Hall–Kier alpha value is -1.14. The molecule has 1 saturated carbocycles. The average Bonchev–Trinajstić information content (AvgIpc) is 2.94. The molecule has 2 fully saturated rings. The van der Waals surface area contributed by atoms with Crippen LogP contribution in [0.15, 0.2) is 0 Å². The molecule has 0 aromatic carbocycles. The molecule has 1 saturated heterocycles. The quantitative estimate of drug-likeness (QED) is 0.760. The second-order valence-corrected chi connectivity index (χ2v) is 6.34. The van der Waals surface area contributed by atoms with Gasteiger partial charge in [-0.05, 0) is 39.8 Å². The smallest absolute Gasteiger partial charge is 0.306 e. The lowest BCUT2D eigenvalue weighted by Gasteiger charge is -2.29. The fraction of sp³-hybridized carbons (Fsp3) is 0.857. The molecule has 6 heteroatoms. The molecule has 0 aromatic heterocycles. The number of β-amino-alcohol motifs (C(OH)–C–C–N with tert-alkyl or cyclic N) is 1. The van der Waals surface area contributed by atoms with Crippen LogP contribution in [0.1, 0.15) is 25.7 Å². The first kappa shape index (κ1) is 15.3. The van der Waals surface area contributed by atoms with Gasteiger partial charge < -0.3 is 20.0 Å². The molecule has 4 unspecified atom stereocenters. The molecule has 1 aliphatic carbocycles. The first-order chi connectivity index (χ1) is 9.38. The van der Waals surface area contributed by atoms with E-state index >= 15 is 0 Å². The second kappa shape index (κ2) is 6.10. The summed E-state index contributed by atoms with van der Waals surface area (Å²) in [5.74, 6) is -1.35. The summed E-state index contributed by atoms with van der Waals surface area (Å²) in [7, 11) is 3.90. The van der Waals surface area contributed by atoms with Crippen molar-refractivity contribution in [2.75, 3.05) is 27.2 Å². The van der Waals surface area contributed by atoms with E-state index in [1.54, 1.807) is 4.90 Å². The van der Waals surface area contributed by atoms with Gasteiger partial charge in [0.15, 0.2) is 0 Å². The summed E-state index contributed by atoms with van der Waals surface area (Å²) < 4.78 is 0. The number of carbonyl (C=O) groups excluding carboxylic acids is 1. The van der Waals surface area contributed by atoms with Crippen molar-refractivity contribution in [2.45, 2.75) is 37.8 Å². The van der Waals surface area contributed by atoms with Crippen molar-refractivity contribution in [3.63, 3.8) is 0 Å². The Kier molecular flexibility index (Phi) is 4.65. The van der Waals surface area contributed by atoms with Crippen molar-refractivity contribution in [1.82, 2.24) is 9.80 Å². The van der Waals surface area contributed by atoms with Crippen LogP contribution < -0.4 is 0 Å². The predicted molar refractivity (Wildman–Crippen MR) is 73.1 cm³/mol. The molecule has 20 heavy (non-hydrogen) atoms. The van der Waals surface area contributed by atoms with E-state index in [0.29, 0.717) is 32.2 Å². The van der Waals surface area contributed by atoms with E-state index in [9.17, 15) is 14.7 Å². The largest absolute Gasteiger partial charge is 0.481 e. The minimum absolute atomic E-state index is 0.0251. The Balaban J connectivity index is 1.99. The molecule has 6 nitrogen and oxygen atoms in total. The van der Waals surface area contributed by atoms with Crippen molar-refractivity contribution in [3.8, 4) is 0 Å². The number of hydrogen-bond acceptors (Lipinski definition) is 4. The van der Waals surface area contributed by atoms with Crippen LogP contribution in [-0.4, -0.2) is 71.2 Å². The van der Waals surface area contributed by atoms with Crippen LogP contribution in [0.3, 0.4) is 0 Å². The van der Waals surface area contributed by atoms with E-state index in [-0.39, 0.29) is 23.8 Å². The van der Waals surface area contributed by atoms with Crippen LogP contribution in [0.4, 0.5) is 0 Å². The van der Waals surface area contributed by atoms with E-state index in [2.05, 4.69) is 0 Å². The Morgan fingerprint density at radius 1 is 1.20 bits per heavy atom. The zero-order chi connectivity index (χ0) is 14.9. The highest BCUT2D eigenvalue weighted by Crippen LogP contribution is 2.34. The van der Waals surface area contributed by atoms with Gasteiger partial charge in [-0.3, -0.25) is 9.59 Å². The molecule has 2 rings (SSSR count). The Morgan fingerprint density at radius 3 is 2.40 bits per heavy atom. The highest BCUT2D eigenvalue weighted by atomic mass is 16.4. The number of carboxylic acids is 1. The summed E-state index contributed by atoms with van der Waals surface area (Å²) in [4.78, 5) is 27.3. The minimum atomic E-state index is -0.799. The van der Waals surface area contributed by atoms with Crippen molar-refractivity contribution in [3.05, 3.63) is 0 Å². The van der Waals surface area contributed by atoms with Crippen molar-refractivity contribution >= 4 is 11.9 Å². The first-order valence-corrected chi connectivity index (χ1v) is 7.24. The number of nitrogens with zero attached hydrogens (tertiary/aromatic N) is 2. The molecule has 1 aliphatic heterocycles. The molecule has 4 atom stereocenters. The lowest BCUT2D eigenvalue weighted by molar-refractivity contribution is -0.141. The number of aliphatic hydroxyl groups is 1. The molecule has 0 spiro atoms. The van der Waals surface area contributed by atoms with Gasteiger partial charge in [0.2, 0.25) is 5.91 Å². The molecule has 0 aromatic rings. The van der Waals surface area contributed by atoms with E-state index in [1.165, 1.54) is 0 Å². The van der Waals surface area contributed by atoms with E-state index in [0.717, 1.165) is 6.54 Å². The maximum absolute atomic E-state index is 12.6. The molecular weight excluding hydrogens is 260 g/mol. The molecule has 0 bridgehead atoms. The topological polar surface area (TPSA) is 81.1 Å². The zero-order valence-electron chi connectivity index (χ0n) is 12.2. The highest BCUT2D eigenvalue weighted by Gasteiger charge is 2.41. The van der Waals surface area contributed by atoms with Gasteiger partial charge in [-0.1, -0.05) is 0 Å². The number of aliphatic carboxylic acids is 1. The lowest BCUT2D eigenvalue weighted by atomic mass is 10.0. The Labute approximate surface area is 119 Å². The third-order valence-electron chi connectivity index (χ3n) is 4.38. The van der Waals surface area contributed by atoms with Gasteiger partial charge in [-0.15, -0.1) is 0 Å². The van der Waals surface area contributed by atoms with Gasteiger partial charge in [0.1, 0.15) is 0 Å². The van der Waals surface area contributed by atoms with Gasteiger partial charge in [0.05, 0.1) is 12.0 Å². The number of aliphatic hydroxyl groups excluding tert-OH is 1. The molecule has 1 amide bonds. The zero-order valence-corrected chi connectivity index (χ0v) is 12.2. The number of hydrogen-bond donors (Lipinski definition) is 2. The van der Waals surface area contributed by atoms with Crippen LogP contribution in [-0.2, 0) is 9.59 Å². The van der Waals surface area contributed by atoms with Gasteiger partial charge >= 0.3 is 5.97 Å². The predicted octanol–water partition coefficient (Wildman–Crippen LogP) is 0.0107. The third-order valence-corrected chi connectivity index (χ3v) is 4.38. The summed E-state index contributed by atoms with van der Waals surface area (Å²) in [6.45, 7) is 1.11. The van der Waals surface area contributed by atoms with Gasteiger partial charge in [0, 0.05) is 25.0 Å². The van der Waals surface area contributed by atoms with Crippen LogP contribution in [0, 0.1) is 11.8 Å². The van der Waals surface area contributed by atoms with Crippen LogP contribution in [0.25, 0.3) is 0 Å². The van der Waals surface area contributed by atoms with Gasteiger partial charge in [0.25, 0.3) is 0 Å². The van der Waals surface area contributed by atoms with Crippen LogP contribution in [0.2, 0.25) is 0 Å². The number of rotatable bonds is 4. The second-order valence-electron chi connectivity index (χ2n) is 6.34. The van der Waals surface area contributed by atoms with Crippen LogP contribution >= 0.6 is 0 Å². The summed E-state index contributed by atoms with van der Waals surface area (Å²) in [6, 6.07) is 0.0383. The van der Waals surface area contributed by atoms with Crippen molar-refractivity contribution in [2.24, 2.45) is 11.8 Å². The number of carbonyl (C=O) groups is 2. The van der Waals surface area contributed by atoms with Gasteiger partial charge in [-0.2, -0.15) is 0 Å². The summed E-state index contributed by atoms with van der Waals surface area (Å²) >= 11 is 0. The number of likely N-dealkylation sites (N-methyl/N-ethyl adjacent to an activating group) is 1. The molecule has 2 N–H and O–H groups in total. The monoisotopic (exact) mass is 284 g/mol. The van der Waals surface area contributed by atoms with Gasteiger partial charge in [-0.25, -0.2) is 0 Å². The molecule has 114 valence electrons. The lowest BCUT2D eigenvalue weighted by Crippen LogP contribution is -2.43. The first-order valence-electron chi connectivity index (χ1n) is 7.24. The maximum Gasteiger partial charge on any atom is 0.306 e. The highest BCUT2D eigenvalue weighted by molar-refractivity contribution is 5.81. The van der Waals surface area contributed by atoms with Crippen molar-refractivity contribution < 1.29 is 19.8 Å². The molecular formula is C14H24N2O4. The minimum Gasteiger partial charge on any atom is -0.481 e. The molecule has 2 aliphatic rings. The van der Waals surface area contributed by atoms with E-state index in [4.69, 9.17) is 5.11 Å². The van der Waals surface area contributed by atoms with Crippen molar-refractivity contribution in [1.29, 1.82) is 0 Å². The standard InChI is InChI=1S/C14H24N2O4/c1-15(2)7-11-6-12(17)8-16(11)13(18)9-3-4-10(5-9)14(19)20/h9-12,17H,3-8H2,1-2H3,(H,19,20). The summed E-state index contributed by atoms with van der Waals surface area (Å²) in [5.41, 5.74) is 0.